The lowest BCUT2D eigenvalue weighted by atomic mass is 9.89. The highest BCUT2D eigenvalue weighted by atomic mass is 35.5. The lowest BCUT2D eigenvalue weighted by Gasteiger charge is -2.31. The minimum Gasteiger partial charge on any atom is -0.381 e. The van der Waals surface area contributed by atoms with Gasteiger partial charge in [0.15, 0.2) is 0 Å². The highest BCUT2D eigenvalue weighted by molar-refractivity contribution is 5.85. The van der Waals surface area contributed by atoms with Crippen molar-refractivity contribution in [1.82, 2.24) is 10.2 Å². The van der Waals surface area contributed by atoms with E-state index in [-0.39, 0.29) is 12.4 Å². The highest BCUT2D eigenvalue weighted by Gasteiger charge is 2.29. The highest BCUT2D eigenvalue weighted by Crippen LogP contribution is 2.26. The smallest absolute Gasteiger partial charge is 0.0468 e. The molecule has 0 aromatic rings. The average molecular weight is 277 g/mol. The van der Waals surface area contributed by atoms with Crippen LogP contribution in [0.2, 0.25) is 0 Å². The molecule has 0 saturated carbocycles. The summed E-state index contributed by atoms with van der Waals surface area (Å²) in [4.78, 5) is 2.53. The van der Waals surface area contributed by atoms with Gasteiger partial charge >= 0.3 is 0 Å². The lowest BCUT2D eigenvalue weighted by Crippen LogP contribution is -2.36. The Labute approximate surface area is 118 Å². The van der Waals surface area contributed by atoms with E-state index in [9.17, 15) is 0 Å². The van der Waals surface area contributed by atoms with Crippen molar-refractivity contribution in [2.75, 3.05) is 46.4 Å². The number of hydrogen-bond acceptors (Lipinski definition) is 3. The van der Waals surface area contributed by atoms with Crippen LogP contribution in [0.5, 0.6) is 0 Å². The first-order valence-electron chi connectivity index (χ1n) is 7.15. The summed E-state index contributed by atoms with van der Waals surface area (Å²) in [6, 6.07) is 0. The Morgan fingerprint density at radius 2 is 2.06 bits per heavy atom. The molecule has 2 aliphatic heterocycles. The largest absolute Gasteiger partial charge is 0.381 e. The molecular formula is C14H29ClN2O. The monoisotopic (exact) mass is 276 g/mol. The van der Waals surface area contributed by atoms with E-state index in [1.807, 2.05) is 0 Å². The van der Waals surface area contributed by atoms with Crippen LogP contribution in [-0.4, -0.2) is 51.3 Å². The summed E-state index contributed by atoms with van der Waals surface area (Å²) in [6.45, 7) is 9.26. The molecule has 0 aromatic heterocycles. The van der Waals surface area contributed by atoms with Gasteiger partial charge in [-0.15, -0.1) is 12.4 Å². The zero-order chi connectivity index (χ0) is 12.1. The summed E-state index contributed by atoms with van der Waals surface area (Å²) in [5.74, 6) is 0.903. The van der Waals surface area contributed by atoms with Crippen LogP contribution in [-0.2, 0) is 4.74 Å². The van der Waals surface area contributed by atoms with Crippen molar-refractivity contribution in [2.24, 2.45) is 11.3 Å². The molecule has 3 nitrogen and oxygen atoms in total. The van der Waals surface area contributed by atoms with Crippen LogP contribution >= 0.6 is 12.4 Å². The van der Waals surface area contributed by atoms with Crippen LogP contribution in [0, 0.1) is 11.3 Å². The molecule has 0 aromatic carbocycles. The first kappa shape index (κ1) is 16.2. The van der Waals surface area contributed by atoms with Crippen LogP contribution in [0.4, 0.5) is 0 Å². The number of ether oxygens (including phenoxy) is 1. The first-order valence-corrected chi connectivity index (χ1v) is 7.15. The van der Waals surface area contributed by atoms with E-state index in [1.165, 1.54) is 51.9 Å². The second-order valence-electron chi connectivity index (χ2n) is 6.32. The van der Waals surface area contributed by atoms with Crippen molar-refractivity contribution in [1.29, 1.82) is 0 Å². The lowest BCUT2D eigenvalue weighted by molar-refractivity contribution is 0.0596. The van der Waals surface area contributed by atoms with Gasteiger partial charge in [0.05, 0.1) is 0 Å². The molecule has 0 radical (unpaired) electrons. The maximum Gasteiger partial charge on any atom is 0.0468 e. The Balaban J connectivity index is 0.00000162. The van der Waals surface area contributed by atoms with Gasteiger partial charge in [-0.25, -0.2) is 0 Å². The van der Waals surface area contributed by atoms with Crippen molar-refractivity contribution >= 4 is 12.4 Å². The summed E-state index contributed by atoms with van der Waals surface area (Å²) >= 11 is 0. The molecule has 0 amide bonds. The molecular weight excluding hydrogens is 248 g/mol. The van der Waals surface area contributed by atoms with Gasteiger partial charge in [-0.3, -0.25) is 0 Å². The normalized spacial score (nSPS) is 29.5. The van der Waals surface area contributed by atoms with Crippen molar-refractivity contribution < 1.29 is 4.74 Å². The molecule has 1 atom stereocenters. The standard InChI is InChI=1S/C14H28N2O.ClH/c1-14(6-7-15-11-14)12-16(2)8-3-13-4-9-17-10-5-13;/h13,15H,3-12H2,1-2H3;1H. The van der Waals surface area contributed by atoms with Crippen molar-refractivity contribution in [3.8, 4) is 0 Å². The average Bonchev–Trinajstić information content (AvgIpc) is 2.74. The third kappa shape index (κ3) is 5.04. The molecule has 0 bridgehead atoms. The number of halogens is 1. The van der Waals surface area contributed by atoms with E-state index in [0.717, 1.165) is 19.1 Å². The van der Waals surface area contributed by atoms with E-state index in [4.69, 9.17) is 4.74 Å². The van der Waals surface area contributed by atoms with Crippen LogP contribution in [0.25, 0.3) is 0 Å². The second-order valence-corrected chi connectivity index (χ2v) is 6.32. The maximum absolute atomic E-state index is 5.41. The van der Waals surface area contributed by atoms with Gasteiger partial charge in [-0.05, 0) is 57.2 Å². The SMILES string of the molecule is CN(CCC1CCOCC1)CC1(C)CCNC1.Cl. The Kier molecular flexibility index (Phi) is 6.93. The Hall–Kier alpha value is 0.170. The third-order valence-corrected chi connectivity index (χ3v) is 4.37. The Bertz CT molecular complexity index is 226. The maximum atomic E-state index is 5.41. The van der Waals surface area contributed by atoms with E-state index < -0.39 is 0 Å². The topological polar surface area (TPSA) is 24.5 Å². The summed E-state index contributed by atoms with van der Waals surface area (Å²) < 4.78 is 5.41. The first-order chi connectivity index (χ1) is 8.18. The summed E-state index contributed by atoms with van der Waals surface area (Å²) in [7, 11) is 2.28. The van der Waals surface area contributed by atoms with Gasteiger partial charge in [0.25, 0.3) is 0 Å². The van der Waals surface area contributed by atoms with E-state index >= 15 is 0 Å². The fraction of sp³-hybridized carbons (Fsp3) is 1.00. The van der Waals surface area contributed by atoms with Gasteiger partial charge in [-0.1, -0.05) is 6.92 Å². The van der Waals surface area contributed by atoms with E-state index in [1.54, 1.807) is 0 Å². The molecule has 2 aliphatic rings. The minimum absolute atomic E-state index is 0. The molecule has 0 aliphatic carbocycles. The van der Waals surface area contributed by atoms with Gasteiger partial charge in [0.2, 0.25) is 0 Å². The van der Waals surface area contributed by atoms with Gasteiger partial charge in [0.1, 0.15) is 0 Å². The number of nitrogens with zero attached hydrogens (tertiary/aromatic N) is 1. The van der Waals surface area contributed by atoms with Gasteiger partial charge in [0, 0.05) is 26.3 Å². The van der Waals surface area contributed by atoms with Crippen LogP contribution in [0.15, 0.2) is 0 Å². The fourth-order valence-electron chi connectivity index (χ4n) is 3.17. The molecule has 2 fully saturated rings. The van der Waals surface area contributed by atoms with Crippen molar-refractivity contribution in [3.05, 3.63) is 0 Å². The predicted molar refractivity (Wildman–Crippen MR) is 78.5 cm³/mol. The van der Waals surface area contributed by atoms with Gasteiger partial charge in [-0.2, -0.15) is 0 Å². The molecule has 0 spiro atoms. The Morgan fingerprint density at radius 3 is 2.67 bits per heavy atom. The summed E-state index contributed by atoms with van der Waals surface area (Å²) in [5.41, 5.74) is 0.504. The number of hydrogen-bond donors (Lipinski definition) is 1. The summed E-state index contributed by atoms with van der Waals surface area (Å²) in [5, 5.41) is 3.48. The van der Waals surface area contributed by atoms with Crippen LogP contribution < -0.4 is 5.32 Å². The molecule has 2 rings (SSSR count). The third-order valence-electron chi connectivity index (χ3n) is 4.37. The predicted octanol–water partition coefficient (Wildman–Crippen LogP) is 2.16. The zero-order valence-electron chi connectivity index (χ0n) is 11.9. The van der Waals surface area contributed by atoms with Crippen LogP contribution in [0.3, 0.4) is 0 Å². The van der Waals surface area contributed by atoms with Crippen LogP contribution in [0.1, 0.15) is 32.6 Å². The fourth-order valence-corrected chi connectivity index (χ4v) is 3.17. The quantitative estimate of drug-likeness (QED) is 0.833. The molecule has 1 N–H and O–H groups in total. The van der Waals surface area contributed by atoms with Gasteiger partial charge < -0.3 is 15.0 Å². The van der Waals surface area contributed by atoms with E-state index in [2.05, 4.69) is 24.2 Å². The second kappa shape index (κ2) is 7.68. The molecule has 2 heterocycles. The van der Waals surface area contributed by atoms with Crippen molar-refractivity contribution in [2.45, 2.75) is 32.6 Å². The molecule has 18 heavy (non-hydrogen) atoms. The molecule has 2 saturated heterocycles. The number of rotatable bonds is 5. The molecule has 108 valence electrons. The molecule has 4 heteroatoms. The minimum atomic E-state index is 0. The number of nitrogens with one attached hydrogen (secondary N) is 1. The van der Waals surface area contributed by atoms with E-state index in [0.29, 0.717) is 5.41 Å². The summed E-state index contributed by atoms with van der Waals surface area (Å²) in [6.07, 6.45) is 5.22. The molecule has 1 unspecified atom stereocenters. The van der Waals surface area contributed by atoms with Crippen molar-refractivity contribution in [3.63, 3.8) is 0 Å². The zero-order valence-corrected chi connectivity index (χ0v) is 12.7. The Morgan fingerprint density at radius 1 is 1.33 bits per heavy atom.